The van der Waals surface area contributed by atoms with Gasteiger partial charge in [0.05, 0.1) is 23.1 Å². The maximum Gasteiger partial charge on any atom is 0.223 e. The summed E-state index contributed by atoms with van der Waals surface area (Å²) in [5, 5.41) is 6.83. The largest absolute Gasteiger partial charge is 0.381 e. The smallest absolute Gasteiger partial charge is 0.223 e. The Morgan fingerprint density at radius 3 is 2.97 bits per heavy atom. The van der Waals surface area contributed by atoms with Gasteiger partial charge in [0.15, 0.2) is 0 Å². The maximum atomic E-state index is 13.6. The van der Waals surface area contributed by atoms with E-state index in [1.54, 1.807) is 12.1 Å². The van der Waals surface area contributed by atoms with Crippen molar-refractivity contribution in [2.45, 2.75) is 38.4 Å². The second-order valence-corrected chi connectivity index (χ2v) is 7.82. The van der Waals surface area contributed by atoms with Crippen LogP contribution in [0.5, 0.6) is 0 Å². The third-order valence-corrected chi connectivity index (χ3v) is 5.67. The summed E-state index contributed by atoms with van der Waals surface area (Å²) in [4.78, 5) is 11.4. The van der Waals surface area contributed by atoms with Crippen LogP contribution in [0.3, 0.4) is 0 Å². The molecule has 2 aliphatic heterocycles. The lowest BCUT2D eigenvalue weighted by atomic mass is 10.1. The van der Waals surface area contributed by atoms with Gasteiger partial charge in [-0.3, -0.25) is 0 Å². The molecule has 2 aromatic rings. The van der Waals surface area contributed by atoms with Crippen LogP contribution >= 0.6 is 11.6 Å². The molecule has 1 aromatic carbocycles. The number of hydrogen-bond acceptors (Lipinski definition) is 6. The quantitative estimate of drug-likeness (QED) is 0.750. The summed E-state index contributed by atoms with van der Waals surface area (Å²) < 4.78 is 19.0. The predicted molar refractivity (Wildman–Crippen MR) is 111 cm³/mol. The van der Waals surface area contributed by atoms with Gasteiger partial charge >= 0.3 is 0 Å². The maximum absolute atomic E-state index is 13.6. The molecule has 29 heavy (non-hydrogen) atoms. The van der Waals surface area contributed by atoms with E-state index in [0.29, 0.717) is 25.1 Å². The number of ether oxygens (including phenoxy) is 1. The third kappa shape index (κ3) is 4.97. The molecule has 4 rings (SSSR count). The Hall–Kier alpha value is -2.38. The number of anilines is 1. The first-order chi connectivity index (χ1) is 14.1. The fraction of sp³-hybridized carbons (Fsp3) is 0.429. The molecule has 1 fully saturated rings. The lowest BCUT2D eigenvalue weighted by Crippen LogP contribution is -2.36. The van der Waals surface area contributed by atoms with Gasteiger partial charge in [-0.05, 0) is 42.5 Å². The molecule has 0 unspecified atom stereocenters. The number of fused-ring (bicyclic) bond motifs is 1. The summed E-state index contributed by atoms with van der Waals surface area (Å²) >= 11 is 5.74. The Balaban J connectivity index is 1.35. The van der Waals surface area contributed by atoms with Gasteiger partial charge < -0.3 is 20.3 Å². The van der Waals surface area contributed by atoms with Crippen molar-refractivity contribution in [3.63, 3.8) is 0 Å². The van der Waals surface area contributed by atoms with Gasteiger partial charge in [-0.25, -0.2) is 14.4 Å². The summed E-state index contributed by atoms with van der Waals surface area (Å²) in [6, 6.07) is 5.17. The van der Waals surface area contributed by atoms with Crippen LogP contribution < -0.4 is 10.6 Å². The zero-order valence-corrected chi connectivity index (χ0v) is 17.0. The number of benzene rings is 1. The van der Waals surface area contributed by atoms with E-state index in [1.807, 2.05) is 6.20 Å². The summed E-state index contributed by atoms with van der Waals surface area (Å²) in [5.41, 5.74) is 3.00. The average Bonchev–Trinajstić information content (AvgIpc) is 2.74. The highest BCUT2D eigenvalue weighted by Crippen LogP contribution is 2.21. The minimum atomic E-state index is -0.412. The summed E-state index contributed by atoms with van der Waals surface area (Å²) in [6.45, 7) is 7.69. The Bertz CT molecular complexity index is 887. The Morgan fingerprint density at radius 1 is 1.34 bits per heavy atom. The standard InChI is InChI=1S/C21H25ClFN5O/c1-14(24-11-15-2-3-18(22)19(23)10-15)28-7-4-16-12-25-21(27-20(16)13-28)26-17-5-8-29-9-6-17/h2-3,10,12,17,24H,1,4-9,11,13H2,(H,25,26,27). The molecular formula is C21H25ClFN5O. The number of halogens is 2. The van der Waals surface area contributed by atoms with E-state index in [1.165, 1.54) is 11.6 Å². The van der Waals surface area contributed by atoms with E-state index in [9.17, 15) is 4.39 Å². The Labute approximate surface area is 175 Å². The highest BCUT2D eigenvalue weighted by atomic mass is 35.5. The normalized spacial score (nSPS) is 17.0. The molecule has 3 heterocycles. The van der Waals surface area contributed by atoms with Crippen LogP contribution in [-0.4, -0.2) is 40.7 Å². The van der Waals surface area contributed by atoms with Crippen LogP contribution in [0.2, 0.25) is 5.02 Å². The SMILES string of the molecule is C=C(NCc1ccc(Cl)c(F)c1)N1CCc2cnc(NC3CCOCC3)nc2C1. The second-order valence-electron chi connectivity index (χ2n) is 7.42. The van der Waals surface area contributed by atoms with Crippen molar-refractivity contribution in [3.05, 3.63) is 64.5 Å². The lowest BCUT2D eigenvalue weighted by Gasteiger charge is -2.32. The third-order valence-electron chi connectivity index (χ3n) is 5.36. The van der Waals surface area contributed by atoms with Crippen molar-refractivity contribution in [1.29, 1.82) is 0 Å². The van der Waals surface area contributed by atoms with Crippen molar-refractivity contribution in [2.75, 3.05) is 25.1 Å². The van der Waals surface area contributed by atoms with Crippen LogP contribution in [-0.2, 0) is 24.2 Å². The van der Waals surface area contributed by atoms with E-state index in [4.69, 9.17) is 21.3 Å². The molecule has 1 saturated heterocycles. The Morgan fingerprint density at radius 2 is 2.17 bits per heavy atom. The van der Waals surface area contributed by atoms with E-state index >= 15 is 0 Å². The molecule has 0 radical (unpaired) electrons. The van der Waals surface area contributed by atoms with Crippen molar-refractivity contribution in [2.24, 2.45) is 0 Å². The highest BCUT2D eigenvalue weighted by Gasteiger charge is 2.21. The summed E-state index contributed by atoms with van der Waals surface area (Å²) in [5.74, 6) is 1.06. The van der Waals surface area contributed by atoms with Gasteiger partial charge in [-0.2, -0.15) is 0 Å². The number of aromatic nitrogens is 2. The van der Waals surface area contributed by atoms with Crippen LogP contribution in [0, 0.1) is 5.82 Å². The molecule has 0 atom stereocenters. The van der Waals surface area contributed by atoms with E-state index in [0.717, 1.165) is 56.1 Å². The van der Waals surface area contributed by atoms with Crippen molar-refractivity contribution in [1.82, 2.24) is 20.2 Å². The van der Waals surface area contributed by atoms with Crippen LogP contribution in [0.1, 0.15) is 29.7 Å². The molecule has 2 N–H and O–H groups in total. The molecule has 0 bridgehead atoms. The van der Waals surface area contributed by atoms with Crippen LogP contribution in [0.25, 0.3) is 0 Å². The number of nitrogens with zero attached hydrogens (tertiary/aromatic N) is 3. The average molecular weight is 418 g/mol. The number of rotatable bonds is 6. The van der Waals surface area contributed by atoms with Crippen molar-refractivity contribution >= 4 is 17.5 Å². The molecule has 0 aliphatic carbocycles. The minimum absolute atomic E-state index is 0.130. The first-order valence-corrected chi connectivity index (χ1v) is 10.3. The second kappa shape index (κ2) is 8.97. The molecule has 0 saturated carbocycles. The van der Waals surface area contributed by atoms with Gasteiger partial charge in [-0.15, -0.1) is 0 Å². The molecule has 0 amide bonds. The Kier molecular flexibility index (Phi) is 6.16. The summed E-state index contributed by atoms with van der Waals surface area (Å²) in [6.07, 6.45) is 4.73. The molecule has 2 aliphatic rings. The molecular weight excluding hydrogens is 393 g/mol. The topological polar surface area (TPSA) is 62.3 Å². The zero-order valence-electron chi connectivity index (χ0n) is 16.3. The molecule has 154 valence electrons. The van der Waals surface area contributed by atoms with Crippen LogP contribution in [0.15, 0.2) is 36.8 Å². The van der Waals surface area contributed by atoms with Gasteiger partial charge in [0, 0.05) is 38.5 Å². The summed E-state index contributed by atoms with van der Waals surface area (Å²) in [7, 11) is 0. The van der Waals surface area contributed by atoms with Crippen LogP contribution in [0.4, 0.5) is 10.3 Å². The van der Waals surface area contributed by atoms with Gasteiger partial charge in [0.1, 0.15) is 5.82 Å². The molecule has 0 spiro atoms. The molecule has 1 aromatic heterocycles. The fourth-order valence-electron chi connectivity index (χ4n) is 3.59. The monoisotopic (exact) mass is 417 g/mol. The fourth-order valence-corrected chi connectivity index (χ4v) is 3.71. The first kappa shape index (κ1) is 19.9. The zero-order chi connectivity index (χ0) is 20.2. The highest BCUT2D eigenvalue weighted by molar-refractivity contribution is 6.30. The van der Waals surface area contributed by atoms with E-state index in [2.05, 4.69) is 27.1 Å². The number of hydrogen-bond donors (Lipinski definition) is 2. The van der Waals surface area contributed by atoms with Crippen molar-refractivity contribution < 1.29 is 9.13 Å². The first-order valence-electron chi connectivity index (χ1n) is 9.89. The van der Waals surface area contributed by atoms with E-state index in [-0.39, 0.29) is 5.02 Å². The van der Waals surface area contributed by atoms with E-state index < -0.39 is 5.82 Å². The van der Waals surface area contributed by atoms with Gasteiger partial charge in [0.2, 0.25) is 5.95 Å². The minimum Gasteiger partial charge on any atom is -0.381 e. The van der Waals surface area contributed by atoms with Gasteiger partial charge in [-0.1, -0.05) is 24.2 Å². The number of nitrogens with one attached hydrogen (secondary N) is 2. The molecule has 6 nitrogen and oxygen atoms in total. The van der Waals surface area contributed by atoms with Gasteiger partial charge in [0.25, 0.3) is 0 Å². The lowest BCUT2D eigenvalue weighted by molar-refractivity contribution is 0.0903. The van der Waals surface area contributed by atoms with Crippen molar-refractivity contribution in [3.8, 4) is 0 Å². The predicted octanol–water partition coefficient (Wildman–Crippen LogP) is 3.48. The molecule has 8 heteroatoms.